The fourth-order valence-corrected chi connectivity index (χ4v) is 5.98. The number of pyridine rings is 1. The normalized spacial score (nSPS) is 14.5. The monoisotopic (exact) mass is 585 g/mol. The van der Waals surface area contributed by atoms with E-state index in [0.717, 1.165) is 49.5 Å². The second kappa shape index (κ2) is 12.0. The van der Waals surface area contributed by atoms with E-state index in [1.54, 1.807) is 11.4 Å². The number of methoxy groups -OCH3 is 1. The number of aromatic nitrogens is 3. The summed E-state index contributed by atoms with van der Waals surface area (Å²) in [4.78, 5) is 31.5. The standard InChI is InChI=1S/C27H29Cl2N7O2S/c1-4-35-7-9-36(10-8-35)13-17-5-6-20(30-12-17)33-26-25-23(31-15-32-26)18(14-39-25)27(37)34-24-21(28)16(2)11-19(38-3)22(24)29/h5-6,11-12,14-15H,4,7-10,13H2,1-3H3,(H,34,37)(H,30,31,32,33). The van der Waals surface area contributed by atoms with Gasteiger partial charge in [0.2, 0.25) is 0 Å². The predicted molar refractivity (Wildman–Crippen MR) is 158 cm³/mol. The molecule has 12 heteroatoms. The van der Waals surface area contributed by atoms with E-state index in [1.165, 1.54) is 30.3 Å². The molecule has 0 aliphatic carbocycles. The zero-order chi connectivity index (χ0) is 27.5. The number of likely N-dealkylation sites (N-methyl/N-ethyl adjacent to an activating group) is 1. The fourth-order valence-electron chi connectivity index (χ4n) is 4.52. The number of benzene rings is 1. The number of aryl methyl sites for hydroxylation is 1. The van der Waals surface area contributed by atoms with Crippen LogP contribution < -0.4 is 15.4 Å². The molecule has 0 saturated carbocycles. The summed E-state index contributed by atoms with van der Waals surface area (Å²) in [5.74, 6) is 1.28. The summed E-state index contributed by atoms with van der Waals surface area (Å²) in [7, 11) is 1.51. The van der Waals surface area contributed by atoms with Crippen LogP contribution in [-0.4, -0.2) is 70.5 Å². The van der Waals surface area contributed by atoms with Crippen LogP contribution in [-0.2, 0) is 6.54 Å². The number of thiophene rings is 1. The van der Waals surface area contributed by atoms with E-state index >= 15 is 0 Å². The summed E-state index contributed by atoms with van der Waals surface area (Å²) in [5, 5.41) is 8.42. The summed E-state index contributed by atoms with van der Waals surface area (Å²) in [6.07, 6.45) is 3.32. The average molecular weight is 587 g/mol. The first-order valence-electron chi connectivity index (χ1n) is 12.6. The molecule has 5 rings (SSSR count). The molecule has 0 bridgehead atoms. The molecular weight excluding hydrogens is 557 g/mol. The van der Waals surface area contributed by atoms with Gasteiger partial charge in [-0.15, -0.1) is 11.3 Å². The summed E-state index contributed by atoms with van der Waals surface area (Å²) >= 11 is 14.2. The molecule has 9 nitrogen and oxygen atoms in total. The number of piperazine rings is 1. The molecule has 1 aliphatic heterocycles. The lowest BCUT2D eigenvalue weighted by atomic mass is 10.2. The first-order valence-corrected chi connectivity index (χ1v) is 14.2. The van der Waals surface area contributed by atoms with Crippen molar-refractivity contribution in [2.24, 2.45) is 0 Å². The molecule has 204 valence electrons. The maximum absolute atomic E-state index is 13.2. The Balaban J connectivity index is 1.30. The van der Waals surface area contributed by atoms with Crippen molar-refractivity contribution in [2.45, 2.75) is 20.4 Å². The molecule has 1 aliphatic rings. The second-order valence-electron chi connectivity index (χ2n) is 9.29. The first-order chi connectivity index (χ1) is 18.9. The van der Waals surface area contributed by atoms with Crippen LogP contribution in [0.5, 0.6) is 5.75 Å². The van der Waals surface area contributed by atoms with Crippen molar-refractivity contribution in [3.8, 4) is 5.75 Å². The van der Waals surface area contributed by atoms with Crippen LogP contribution in [0.3, 0.4) is 0 Å². The van der Waals surface area contributed by atoms with E-state index in [1.807, 2.05) is 19.2 Å². The maximum Gasteiger partial charge on any atom is 0.258 e. The van der Waals surface area contributed by atoms with Gasteiger partial charge in [-0.3, -0.25) is 9.69 Å². The number of ether oxygens (including phenoxy) is 1. The van der Waals surface area contributed by atoms with E-state index in [4.69, 9.17) is 27.9 Å². The Hall–Kier alpha value is -3.02. The highest BCUT2D eigenvalue weighted by Crippen LogP contribution is 2.41. The van der Waals surface area contributed by atoms with Gasteiger partial charge in [-0.25, -0.2) is 15.0 Å². The van der Waals surface area contributed by atoms with E-state index in [-0.39, 0.29) is 10.9 Å². The third kappa shape index (κ3) is 5.95. The number of rotatable bonds is 8. The number of halogens is 2. The van der Waals surface area contributed by atoms with Crippen molar-refractivity contribution in [3.63, 3.8) is 0 Å². The van der Waals surface area contributed by atoms with Crippen LogP contribution in [0.2, 0.25) is 10.0 Å². The zero-order valence-electron chi connectivity index (χ0n) is 21.9. The van der Waals surface area contributed by atoms with Crippen LogP contribution in [0.15, 0.2) is 36.1 Å². The number of fused-ring (bicyclic) bond motifs is 1. The van der Waals surface area contributed by atoms with Gasteiger partial charge in [0.05, 0.1) is 33.6 Å². The zero-order valence-corrected chi connectivity index (χ0v) is 24.3. The van der Waals surface area contributed by atoms with Gasteiger partial charge in [-0.1, -0.05) is 36.2 Å². The molecule has 0 radical (unpaired) electrons. The number of nitrogens with zero attached hydrogens (tertiary/aromatic N) is 5. The van der Waals surface area contributed by atoms with Crippen molar-refractivity contribution in [1.82, 2.24) is 24.8 Å². The summed E-state index contributed by atoms with van der Waals surface area (Å²) in [6.45, 7) is 10.3. The van der Waals surface area contributed by atoms with E-state index in [2.05, 4.69) is 48.4 Å². The van der Waals surface area contributed by atoms with Gasteiger partial charge < -0.3 is 20.3 Å². The Morgan fingerprint density at radius 1 is 1.10 bits per heavy atom. The van der Waals surface area contributed by atoms with Crippen molar-refractivity contribution in [3.05, 3.63) is 62.8 Å². The van der Waals surface area contributed by atoms with Crippen molar-refractivity contribution < 1.29 is 9.53 Å². The lowest BCUT2D eigenvalue weighted by Gasteiger charge is -2.33. The first kappa shape index (κ1) is 27.5. The Kier molecular flexibility index (Phi) is 8.49. The molecule has 2 N–H and O–H groups in total. The smallest absolute Gasteiger partial charge is 0.258 e. The van der Waals surface area contributed by atoms with E-state index in [9.17, 15) is 4.79 Å². The second-order valence-corrected chi connectivity index (χ2v) is 10.9. The third-order valence-electron chi connectivity index (χ3n) is 6.80. The van der Waals surface area contributed by atoms with Crippen molar-refractivity contribution >= 4 is 68.0 Å². The van der Waals surface area contributed by atoms with Crippen LogP contribution in [0.1, 0.15) is 28.4 Å². The highest BCUT2D eigenvalue weighted by Gasteiger charge is 2.21. The maximum atomic E-state index is 13.2. The number of carbonyl (C=O) groups excluding carboxylic acids is 1. The molecule has 0 atom stereocenters. The minimum absolute atomic E-state index is 0.232. The molecule has 0 spiro atoms. The topological polar surface area (TPSA) is 95.5 Å². The van der Waals surface area contributed by atoms with Crippen molar-refractivity contribution in [2.75, 3.05) is 50.5 Å². The number of amides is 1. The molecule has 39 heavy (non-hydrogen) atoms. The fraction of sp³-hybridized carbons (Fsp3) is 0.333. The SMILES string of the molecule is CCN1CCN(Cc2ccc(Nc3ncnc4c(C(=O)Nc5c(Cl)c(C)cc(OC)c5Cl)csc34)nc2)CC1. The molecule has 1 saturated heterocycles. The van der Waals surface area contributed by atoms with Crippen LogP contribution in [0.4, 0.5) is 17.3 Å². The van der Waals surface area contributed by atoms with Gasteiger partial charge in [0, 0.05) is 44.3 Å². The van der Waals surface area contributed by atoms with Crippen LogP contribution in [0, 0.1) is 6.92 Å². The molecule has 1 fully saturated rings. The minimum Gasteiger partial charge on any atom is -0.495 e. The van der Waals surface area contributed by atoms with E-state index < -0.39 is 0 Å². The Morgan fingerprint density at radius 2 is 1.87 bits per heavy atom. The number of anilines is 3. The van der Waals surface area contributed by atoms with Gasteiger partial charge in [-0.2, -0.15) is 0 Å². The number of hydrogen-bond acceptors (Lipinski definition) is 9. The summed E-state index contributed by atoms with van der Waals surface area (Å²) < 4.78 is 6.05. The lowest BCUT2D eigenvalue weighted by molar-refractivity contribution is 0.102. The van der Waals surface area contributed by atoms with Crippen LogP contribution >= 0.6 is 34.5 Å². The molecule has 3 aromatic heterocycles. The highest BCUT2D eigenvalue weighted by molar-refractivity contribution is 7.18. The highest BCUT2D eigenvalue weighted by atomic mass is 35.5. The Labute approximate surface area is 241 Å². The summed E-state index contributed by atoms with van der Waals surface area (Å²) in [5.41, 5.74) is 3.10. The van der Waals surface area contributed by atoms with Crippen LogP contribution in [0.25, 0.3) is 10.2 Å². The number of carbonyl (C=O) groups is 1. The van der Waals surface area contributed by atoms with Crippen molar-refractivity contribution in [1.29, 1.82) is 0 Å². The third-order valence-corrected chi connectivity index (χ3v) is 8.63. The lowest BCUT2D eigenvalue weighted by Crippen LogP contribution is -2.45. The van der Waals surface area contributed by atoms with E-state index in [0.29, 0.717) is 39.2 Å². The predicted octanol–water partition coefficient (Wildman–Crippen LogP) is 5.84. The summed E-state index contributed by atoms with van der Waals surface area (Å²) in [6, 6.07) is 5.75. The number of nitrogens with one attached hydrogen (secondary N) is 2. The molecule has 1 aromatic carbocycles. The molecule has 0 unspecified atom stereocenters. The minimum atomic E-state index is -0.385. The molecule has 1 amide bonds. The number of hydrogen-bond donors (Lipinski definition) is 2. The van der Waals surface area contributed by atoms with Gasteiger partial charge >= 0.3 is 0 Å². The largest absolute Gasteiger partial charge is 0.495 e. The Morgan fingerprint density at radius 3 is 2.56 bits per heavy atom. The quantitative estimate of drug-likeness (QED) is 0.266. The van der Waals surface area contributed by atoms with Gasteiger partial charge in [0.1, 0.15) is 22.9 Å². The van der Waals surface area contributed by atoms with Gasteiger partial charge in [0.25, 0.3) is 5.91 Å². The molecule has 4 aromatic rings. The average Bonchev–Trinajstić information content (AvgIpc) is 3.40. The molecule has 4 heterocycles. The van der Waals surface area contributed by atoms with Gasteiger partial charge in [-0.05, 0) is 36.7 Å². The Bertz CT molecular complexity index is 1490. The van der Waals surface area contributed by atoms with Gasteiger partial charge in [0.15, 0.2) is 5.82 Å². The molecular formula is C27H29Cl2N7O2S.